The highest BCUT2D eigenvalue weighted by atomic mass is 16.5. The summed E-state index contributed by atoms with van der Waals surface area (Å²) in [6.45, 7) is 6.32. The van der Waals surface area contributed by atoms with Crippen LogP contribution in [-0.4, -0.2) is 43.9 Å². The van der Waals surface area contributed by atoms with Crippen LogP contribution in [0.4, 0.5) is 0 Å². The van der Waals surface area contributed by atoms with Gasteiger partial charge >= 0.3 is 0 Å². The number of hydrogen-bond donors (Lipinski definition) is 2. The molecule has 0 radical (unpaired) electrons. The second kappa shape index (κ2) is 6.93. The van der Waals surface area contributed by atoms with Crippen LogP contribution in [0, 0.1) is 0 Å². The second-order valence-corrected chi connectivity index (χ2v) is 4.84. The SMILES string of the molecule is CC(C)OCCCCNC(=O)C1(N)CCOC1. The lowest BCUT2D eigenvalue weighted by atomic mass is 9.99. The van der Waals surface area contributed by atoms with E-state index in [4.69, 9.17) is 15.2 Å². The van der Waals surface area contributed by atoms with E-state index < -0.39 is 5.54 Å². The summed E-state index contributed by atoms with van der Waals surface area (Å²) >= 11 is 0. The summed E-state index contributed by atoms with van der Waals surface area (Å²) in [5, 5.41) is 2.85. The highest BCUT2D eigenvalue weighted by Crippen LogP contribution is 2.15. The van der Waals surface area contributed by atoms with Crippen LogP contribution in [0.1, 0.15) is 33.1 Å². The van der Waals surface area contributed by atoms with Crippen LogP contribution >= 0.6 is 0 Å². The minimum atomic E-state index is -0.811. The normalized spacial score (nSPS) is 24.2. The molecule has 1 unspecified atom stereocenters. The van der Waals surface area contributed by atoms with Gasteiger partial charge in [-0.2, -0.15) is 0 Å². The molecule has 1 fully saturated rings. The number of unbranched alkanes of at least 4 members (excludes halogenated alkanes) is 1. The average Bonchev–Trinajstić information content (AvgIpc) is 2.71. The Hall–Kier alpha value is -0.650. The van der Waals surface area contributed by atoms with Crippen molar-refractivity contribution < 1.29 is 14.3 Å². The molecule has 0 aliphatic carbocycles. The molecule has 1 heterocycles. The van der Waals surface area contributed by atoms with E-state index >= 15 is 0 Å². The van der Waals surface area contributed by atoms with E-state index in [0.717, 1.165) is 19.4 Å². The third-order valence-electron chi connectivity index (χ3n) is 2.81. The van der Waals surface area contributed by atoms with Gasteiger partial charge in [-0.1, -0.05) is 0 Å². The number of carbonyl (C=O) groups excluding carboxylic acids is 1. The summed E-state index contributed by atoms with van der Waals surface area (Å²) in [5.41, 5.74) is 5.11. The molecule has 3 N–H and O–H groups in total. The van der Waals surface area contributed by atoms with E-state index in [2.05, 4.69) is 5.32 Å². The lowest BCUT2D eigenvalue weighted by molar-refractivity contribution is -0.126. The van der Waals surface area contributed by atoms with E-state index in [0.29, 0.717) is 26.2 Å². The lowest BCUT2D eigenvalue weighted by Crippen LogP contribution is -2.54. The van der Waals surface area contributed by atoms with Crippen molar-refractivity contribution >= 4 is 5.91 Å². The van der Waals surface area contributed by atoms with E-state index in [-0.39, 0.29) is 12.0 Å². The van der Waals surface area contributed by atoms with Gasteiger partial charge in [-0.05, 0) is 33.1 Å². The smallest absolute Gasteiger partial charge is 0.242 e. The molecule has 5 heteroatoms. The van der Waals surface area contributed by atoms with Gasteiger partial charge in [-0.3, -0.25) is 4.79 Å². The molecule has 0 aromatic carbocycles. The molecule has 1 aliphatic rings. The third kappa shape index (κ3) is 5.02. The first kappa shape index (κ1) is 14.4. The molecule has 0 aromatic heterocycles. The van der Waals surface area contributed by atoms with Gasteiger partial charge in [0.2, 0.25) is 5.91 Å². The molecular weight excluding hydrogens is 220 g/mol. The maximum Gasteiger partial charge on any atom is 0.242 e. The first-order valence-electron chi connectivity index (χ1n) is 6.31. The first-order chi connectivity index (χ1) is 8.04. The topological polar surface area (TPSA) is 73.6 Å². The fraction of sp³-hybridized carbons (Fsp3) is 0.917. The largest absolute Gasteiger partial charge is 0.379 e. The molecule has 1 saturated heterocycles. The molecule has 5 nitrogen and oxygen atoms in total. The summed E-state index contributed by atoms with van der Waals surface area (Å²) in [6, 6.07) is 0. The van der Waals surface area contributed by atoms with Gasteiger partial charge in [0.05, 0.1) is 12.7 Å². The summed E-state index contributed by atoms with van der Waals surface area (Å²) < 4.78 is 10.6. The monoisotopic (exact) mass is 244 g/mol. The van der Waals surface area contributed by atoms with Crippen molar-refractivity contribution in [2.24, 2.45) is 5.73 Å². The van der Waals surface area contributed by atoms with Crippen LogP contribution in [0.5, 0.6) is 0 Å². The molecule has 1 aliphatic heterocycles. The minimum Gasteiger partial charge on any atom is -0.379 e. The molecule has 0 spiro atoms. The summed E-state index contributed by atoms with van der Waals surface area (Å²) in [5.74, 6) is -0.0974. The van der Waals surface area contributed by atoms with Crippen molar-refractivity contribution in [2.75, 3.05) is 26.4 Å². The van der Waals surface area contributed by atoms with Gasteiger partial charge in [0, 0.05) is 19.8 Å². The van der Waals surface area contributed by atoms with Crippen LogP contribution < -0.4 is 11.1 Å². The molecular formula is C12H24N2O3. The number of nitrogens with one attached hydrogen (secondary N) is 1. The van der Waals surface area contributed by atoms with Crippen LogP contribution in [0.2, 0.25) is 0 Å². The summed E-state index contributed by atoms with van der Waals surface area (Å²) in [6.07, 6.45) is 2.74. The van der Waals surface area contributed by atoms with Gasteiger partial charge < -0.3 is 20.5 Å². The molecule has 1 atom stereocenters. The number of hydrogen-bond acceptors (Lipinski definition) is 4. The van der Waals surface area contributed by atoms with E-state index in [1.165, 1.54) is 0 Å². The fourth-order valence-electron chi connectivity index (χ4n) is 1.68. The Morgan fingerprint density at radius 3 is 2.88 bits per heavy atom. The van der Waals surface area contributed by atoms with E-state index in [1.54, 1.807) is 0 Å². The zero-order chi connectivity index (χ0) is 12.7. The van der Waals surface area contributed by atoms with Gasteiger partial charge in [-0.15, -0.1) is 0 Å². The minimum absolute atomic E-state index is 0.0974. The number of amides is 1. The predicted octanol–water partition coefficient (Wildman–Crippen LogP) is 0.426. The first-order valence-corrected chi connectivity index (χ1v) is 6.31. The summed E-state index contributed by atoms with van der Waals surface area (Å²) in [7, 11) is 0. The number of carbonyl (C=O) groups is 1. The Balaban J connectivity index is 2.04. The molecule has 1 amide bonds. The van der Waals surface area contributed by atoms with Gasteiger partial charge in [0.15, 0.2) is 0 Å². The molecule has 100 valence electrons. The molecule has 0 saturated carbocycles. The third-order valence-corrected chi connectivity index (χ3v) is 2.81. The molecule has 0 aromatic rings. The van der Waals surface area contributed by atoms with Crippen LogP contribution in [0.15, 0.2) is 0 Å². The number of rotatable bonds is 7. The van der Waals surface area contributed by atoms with Crippen molar-refractivity contribution in [2.45, 2.75) is 44.8 Å². The zero-order valence-corrected chi connectivity index (χ0v) is 10.8. The van der Waals surface area contributed by atoms with Crippen molar-refractivity contribution in [1.82, 2.24) is 5.32 Å². The van der Waals surface area contributed by atoms with Crippen molar-refractivity contribution in [1.29, 1.82) is 0 Å². The Kier molecular flexibility index (Phi) is 5.88. The lowest BCUT2D eigenvalue weighted by Gasteiger charge is -2.20. The molecule has 0 bridgehead atoms. The maximum absolute atomic E-state index is 11.8. The second-order valence-electron chi connectivity index (χ2n) is 4.84. The van der Waals surface area contributed by atoms with Gasteiger partial charge in [0.25, 0.3) is 0 Å². The van der Waals surface area contributed by atoms with E-state index in [1.807, 2.05) is 13.8 Å². The Bertz CT molecular complexity index is 238. The predicted molar refractivity (Wildman–Crippen MR) is 65.7 cm³/mol. The van der Waals surface area contributed by atoms with Crippen LogP contribution in [0.25, 0.3) is 0 Å². The Morgan fingerprint density at radius 2 is 2.29 bits per heavy atom. The quantitative estimate of drug-likeness (QED) is 0.637. The zero-order valence-electron chi connectivity index (χ0n) is 10.8. The van der Waals surface area contributed by atoms with Crippen molar-refractivity contribution in [3.05, 3.63) is 0 Å². The van der Waals surface area contributed by atoms with Gasteiger partial charge in [0.1, 0.15) is 5.54 Å². The maximum atomic E-state index is 11.8. The summed E-state index contributed by atoms with van der Waals surface area (Å²) in [4.78, 5) is 11.8. The highest BCUT2D eigenvalue weighted by Gasteiger charge is 2.37. The fourth-order valence-corrected chi connectivity index (χ4v) is 1.68. The Morgan fingerprint density at radius 1 is 1.53 bits per heavy atom. The highest BCUT2D eigenvalue weighted by molar-refractivity contribution is 5.86. The molecule has 17 heavy (non-hydrogen) atoms. The van der Waals surface area contributed by atoms with Crippen molar-refractivity contribution in [3.8, 4) is 0 Å². The standard InChI is InChI=1S/C12H24N2O3/c1-10(2)17-7-4-3-6-14-11(15)12(13)5-8-16-9-12/h10H,3-9,13H2,1-2H3,(H,14,15). The van der Waals surface area contributed by atoms with Crippen LogP contribution in [-0.2, 0) is 14.3 Å². The number of nitrogens with two attached hydrogens (primary N) is 1. The van der Waals surface area contributed by atoms with Gasteiger partial charge in [-0.25, -0.2) is 0 Å². The van der Waals surface area contributed by atoms with E-state index in [9.17, 15) is 4.79 Å². The number of ether oxygens (including phenoxy) is 2. The van der Waals surface area contributed by atoms with Crippen molar-refractivity contribution in [3.63, 3.8) is 0 Å². The average molecular weight is 244 g/mol. The molecule has 1 rings (SSSR count). The van der Waals surface area contributed by atoms with Crippen LogP contribution in [0.3, 0.4) is 0 Å². The Labute approximate surface area is 103 Å².